The number of rotatable bonds is 4. The van der Waals surface area contributed by atoms with Crippen molar-refractivity contribution in [1.82, 2.24) is 14.8 Å². The minimum absolute atomic E-state index is 0.0956. The second kappa shape index (κ2) is 6.72. The first kappa shape index (κ1) is 16.0. The van der Waals surface area contributed by atoms with Crippen LogP contribution in [-0.2, 0) is 0 Å². The van der Waals surface area contributed by atoms with Crippen LogP contribution in [0.3, 0.4) is 0 Å². The molecule has 0 bridgehead atoms. The van der Waals surface area contributed by atoms with Crippen molar-refractivity contribution in [1.29, 1.82) is 0 Å². The highest BCUT2D eigenvalue weighted by atomic mass is 35.5. The van der Waals surface area contributed by atoms with Gasteiger partial charge < -0.3 is 10.1 Å². The highest BCUT2D eigenvalue weighted by molar-refractivity contribution is 6.30. The molecular formula is C17H15ClN4O2. The van der Waals surface area contributed by atoms with Crippen molar-refractivity contribution in [2.45, 2.75) is 6.92 Å². The highest BCUT2D eigenvalue weighted by Crippen LogP contribution is 2.17. The molecule has 3 aromatic rings. The van der Waals surface area contributed by atoms with Gasteiger partial charge in [-0.3, -0.25) is 4.79 Å². The Labute approximate surface area is 144 Å². The van der Waals surface area contributed by atoms with Gasteiger partial charge in [0.25, 0.3) is 5.91 Å². The molecule has 7 heteroatoms. The molecule has 0 spiro atoms. The molecule has 0 unspecified atom stereocenters. The van der Waals surface area contributed by atoms with Gasteiger partial charge in [0.05, 0.1) is 12.8 Å². The molecule has 0 atom stereocenters. The fourth-order valence-corrected chi connectivity index (χ4v) is 2.30. The number of anilines is 1. The molecule has 0 radical (unpaired) electrons. The first-order chi connectivity index (χ1) is 11.6. The van der Waals surface area contributed by atoms with E-state index < -0.39 is 0 Å². The molecule has 24 heavy (non-hydrogen) atoms. The maximum absolute atomic E-state index is 12.3. The van der Waals surface area contributed by atoms with Crippen molar-refractivity contribution in [3.8, 4) is 11.4 Å². The minimum atomic E-state index is -0.379. The molecule has 0 aliphatic carbocycles. The molecule has 0 saturated heterocycles. The summed E-state index contributed by atoms with van der Waals surface area (Å²) >= 11 is 5.89. The van der Waals surface area contributed by atoms with Crippen LogP contribution in [0.15, 0.2) is 48.5 Å². The fourth-order valence-electron chi connectivity index (χ4n) is 2.17. The summed E-state index contributed by atoms with van der Waals surface area (Å²) in [6.45, 7) is 1.78. The molecule has 1 heterocycles. The van der Waals surface area contributed by atoms with Crippen LogP contribution in [0.25, 0.3) is 5.69 Å². The van der Waals surface area contributed by atoms with E-state index in [1.165, 1.54) is 0 Å². The Morgan fingerprint density at radius 2 is 1.79 bits per heavy atom. The van der Waals surface area contributed by atoms with Gasteiger partial charge in [0.1, 0.15) is 11.6 Å². The molecule has 1 amide bonds. The van der Waals surface area contributed by atoms with Gasteiger partial charge in [0, 0.05) is 10.7 Å². The molecule has 0 aliphatic rings. The smallest absolute Gasteiger partial charge is 0.295 e. The van der Waals surface area contributed by atoms with Crippen molar-refractivity contribution >= 4 is 23.2 Å². The number of aromatic nitrogens is 3. The summed E-state index contributed by atoms with van der Waals surface area (Å²) in [5, 5.41) is 7.66. The van der Waals surface area contributed by atoms with E-state index in [0.717, 1.165) is 5.69 Å². The molecule has 1 N–H and O–H groups in total. The zero-order valence-corrected chi connectivity index (χ0v) is 13.9. The third kappa shape index (κ3) is 3.38. The summed E-state index contributed by atoms with van der Waals surface area (Å²) < 4.78 is 6.68. The second-order valence-corrected chi connectivity index (χ2v) is 5.49. The predicted octanol–water partition coefficient (Wildman–Crippen LogP) is 3.49. The average Bonchev–Trinajstić information content (AvgIpc) is 2.98. The number of hydrogen-bond acceptors (Lipinski definition) is 4. The van der Waals surface area contributed by atoms with Gasteiger partial charge in [-0.05, 0) is 55.5 Å². The van der Waals surface area contributed by atoms with E-state index in [-0.39, 0.29) is 11.7 Å². The molecule has 6 nitrogen and oxygen atoms in total. The lowest BCUT2D eigenvalue weighted by molar-refractivity contribution is 0.101. The van der Waals surface area contributed by atoms with E-state index in [1.807, 2.05) is 12.1 Å². The van der Waals surface area contributed by atoms with Crippen LogP contribution in [0.5, 0.6) is 5.75 Å². The Balaban J connectivity index is 1.80. The van der Waals surface area contributed by atoms with Crippen LogP contribution in [0.1, 0.15) is 16.4 Å². The van der Waals surface area contributed by atoms with Crippen molar-refractivity contribution < 1.29 is 9.53 Å². The number of amides is 1. The maximum atomic E-state index is 12.3. The van der Waals surface area contributed by atoms with Crippen molar-refractivity contribution in [3.63, 3.8) is 0 Å². The SMILES string of the molecule is COc1ccc(NC(=O)c2nc(C)n(-c3ccc(Cl)cc3)n2)cc1. The molecule has 0 saturated carbocycles. The van der Waals surface area contributed by atoms with Gasteiger partial charge in [-0.2, -0.15) is 0 Å². The van der Waals surface area contributed by atoms with E-state index in [2.05, 4.69) is 15.4 Å². The summed E-state index contributed by atoms with van der Waals surface area (Å²) in [6.07, 6.45) is 0. The van der Waals surface area contributed by atoms with Crippen molar-refractivity contribution in [2.75, 3.05) is 12.4 Å². The number of methoxy groups -OCH3 is 1. The lowest BCUT2D eigenvalue weighted by Gasteiger charge is -2.04. The van der Waals surface area contributed by atoms with Gasteiger partial charge in [-0.25, -0.2) is 9.67 Å². The number of carbonyl (C=O) groups excluding carboxylic acids is 1. The third-order valence-corrected chi connectivity index (χ3v) is 3.64. The predicted molar refractivity (Wildman–Crippen MR) is 92.1 cm³/mol. The number of carbonyl (C=O) groups is 1. The van der Waals surface area contributed by atoms with Gasteiger partial charge >= 0.3 is 0 Å². The number of aryl methyl sites for hydroxylation is 1. The molecular weight excluding hydrogens is 328 g/mol. The lowest BCUT2D eigenvalue weighted by Crippen LogP contribution is -2.14. The van der Waals surface area contributed by atoms with Gasteiger partial charge in [-0.15, -0.1) is 5.10 Å². The number of nitrogens with one attached hydrogen (secondary N) is 1. The first-order valence-electron chi connectivity index (χ1n) is 7.22. The van der Waals surface area contributed by atoms with Crippen LogP contribution in [-0.4, -0.2) is 27.8 Å². The Morgan fingerprint density at radius 1 is 1.12 bits per heavy atom. The minimum Gasteiger partial charge on any atom is -0.497 e. The quantitative estimate of drug-likeness (QED) is 0.788. The van der Waals surface area contributed by atoms with E-state index in [4.69, 9.17) is 16.3 Å². The molecule has 1 aromatic heterocycles. The van der Waals surface area contributed by atoms with E-state index in [9.17, 15) is 4.79 Å². The normalized spacial score (nSPS) is 10.5. The van der Waals surface area contributed by atoms with Crippen molar-refractivity contribution in [2.24, 2.45) is 0 Å². The number of benzene rings is 2. The number of nitrogens with zero attached hydrogens (tertiary/aromatic N) is 3. The van der Waals surface area contributed by atoms with Gasteiger partial charge in [0.15, 0.2) is 0 Å². The second-order valence-electron chi connectivity index (χ2n) is 5.05. The Bertz CT molecular complexity index is 857. The van der Waals surface area contributed by atoms with Gasteiger partial charge in [0.2, 0.25) is 5.82 Å². The summed E-state index contributed by atoms with van der Waals surface area (Å²) in [4.78, 5) is 16.5. The zero-order valence-electron chi connectivity index (χ0n) is 13.2. The van der Waals surface area contributed by atoms with Gasteiger partial charge in [-0.1, -0.05) is 11.6 Å². The Morgan fingerprint density at radius 3 is 2.42 bits per heavy atom. The van der Waals surface area contributed by atoms with E-state index in [1.54, 1.807) is 55.1 Å². The lowest BCUT2D eigenvalue weighted by atomic mass is 10.3. The molecule has 0 fully saturated rings. The molecule has 0 aliphatic heterocycles. The zero-order chi connectivity index (χ0) is 17.1. The first-order valence-corrected chi connectivity index (χ1v) is 7.59. The van der Waals surface area contributed by atoms with Crippen LogP contribution >= 0.6 is 11.6 Å². The third-order valence-electron chi connectivity index (χ3n) is 3.39. The van der Waals surface area contributed by atoms with E-state index >= 15 is 0 Å². The molecule has 2 aromatic carbocycles. The maximum Gasteiger partial charge on any atom is 0.295 e. The Kier molecular flexibility index (Phi) is 4.48. The van der Waals surface area contributed by atoms with E-state index in [0.29, 0.717) is 22.3 Å². The van der Waals surface area contributed by atoms with Crippen LogP contribution in [0, 0.1) is 6.92 Å². The Hall–Kier alpha value is -2.86. The average molecular weight is 343 g/mol. The summed E-state index contributed by atoms with van der Waals surface area (Å²) in [6, 6.07) is 14.2. The summed E-state index contributed by atoms with van der Waals surface area (Å²) in [7, 11) is 1.59. The molecule has 122 valence electrons. The number of hydrogen-bond donors (Lipinski definition) is 1. The van der Waals surface area contributed by atoms with Crippen LogP contribution < -0.4 is 10.1 Å². The van der Waals surface area contributed by atoms with Crippen LogP contribution in [0.4, 0.5) is 5.69 Å². The highest BCUT2D eigenvalue weighted by Gasteiger charge is 2.15. The summed E-state index contributed by atoms with van der Waals surface area (Å²) in [5.74, 6) is 1.04. The topological polar surface area (TPSA) is 69.0 Å². The van der Waals surface area contributed by atoms with Crippen molar-refractivity contribution in [3.05, 3.63) is 65.2 Å². The standard InChI is InChI=1S/C17H15ClN4O2/c1-11-19-16(21-22(11)14-7-3-12(18)4-8-14)17(23)20-13-5-9-15(24-2)10-6-13/h3-10H,1-2H3,(H,20,23). The summed E-state index contributed by atoms with van der Waals surface area (Å²) in [5.41, 5.74) is 1.43. The monoisotopic (exact) mass is 342 g/mol. The fraction of sp³-hybridized carbons (Fsp3) is 0.118. The number of ether oxygens (including phenoxy) is 1. The van der Waals surface area contributed by atoms with Crippen LogP contribution in [0.2, 0.25) is 5.02 Å². The largest absolute Gasteiger partial charge is 0.497 e. The number of halogens is 1. The molecule has 3 rings (SSSR count).